The summed E-state index contributed by atoms with van der Waals surface area (Å²) in [5, 5.41) is 3.34. The number of guanidine groups is 1. The van der Waals surface area contributed by atoms with Gasteiger partial charge in [0.05, 0.1) is 13.2 Å². The summed E-state index contributed by atoms with van der Waals surface area (Å²) >= 11 is 0. The molecule has 4 nitrogen and oxygen atoms in total. The van der Waals surface area contributed by atoms with Crippen LogP contribution in [-0.4, -0.2) is 25.2 Å². The quantitative estimate of drug-likeness (QED) is 0.654. The van der Waals surface area contributed by atoms with Crippen LogP contribution in [0.3, 0.4) is 0 Å². The summed E-state index contributed by atoms with van der Waals surface area (Å²) in [5.74, 6) is 2.17. The van der Waals surface area contributed by atoms with Gasteiger partial charge < -0.3 is 15.8 Å². The minimum atomic E-state index is 0.468. The van der Waals surface area contributed by atoms with E-state index in [9.17, 15) is 0 Å². The fraction of sp³-hybridized carbons (Fsp3) is 0.562. The lowest BCUT2D eigenvalue weighted by molar-refractivity contribution is 0.320. The van der Waals surface area contributed by atoms with E-state index in [1.54, 1.807) is 7.11 Å². The predicted molar refractivity (Wildman–Crippen MR) is 81.2 cm³/mol. The number of nitrogens with one attached hydrogen (secondary N) is 1. The maximum Gasteiger partial charge on any atom is 0.189 e. The van der Waals surface area contributed by atoms with E-state index in [-0.39, 0.29) is 0 Å². The SMILES string of the molecule is COc1cccc(C2CC(NC(N)=NC3CCC3)C2)c1. The highest BCUT2D eigenvalue weighted by Crippen LogP contribution is 2.37. The van der Waals surface area contributed by atoms with Gasteiger partial charge in [0, 0.05) is 6.04 Å². The third-order valence-electron chi connectivity index (χ3n) is 4.45. The Kier molecular flexibility index (Phi) is 3.81. The van der Waals surface area contributed by atoms with Gasteiger partial charge in [0.2, 0.25) is 0 Å². The van der Waals surface area contributed by atoms with Crippen LogP contribution in [0.5, 0.6) is 5.75 Å². The molecule has 108 valence electrons. The first-order valence-corrected chi connectivity index (χ1v) is 7.48. The summed E-state index contributed by atoms with van der Waals surface area (Å²) in [6.07, 6.45) is 5.92. The molecule has 2 aliphatic rings. The maximum absolute atomic E-state index is 5.94. The van der Waals surface area contributed by atoms with E-state index in [4.69, 9.17) is 10.5 Å². The molecule has 20 heavy (non-hydrogen) atoms. The van der Waals surface area contributed by atoms with Gasteiger partial charge in [-0.2, -0.15) is 0 Å². The number of rotatable bonds is 4. The number of nitrogens with zero attached hydrogens (tertiary/aromatic N) is 1. The predicted octanol–water partition coefficient (Wildman–Crippen LogP) is 2.40. The lowest BCUT2D eigenvalue weighted by Crippen LogP contribution is -2.47. The molecule has 3 N–H and O–H groups in total. The van der Waals surface area contributed by atoms with Crippen LogP contribution in [0.1, 0.15) is 43.6 Å². The van der Waals surface area contributed by atoms with Crippen LogP contribution >= 0.6 is 0 Å². The summed E-state index contributed by atoms with van der Waals surface area (Å²) in [4.78, 5) is 4.49. The molecule has 2 saturated carbocycles. The summed E-state index contributed by atoms with van der Waals surface area (Å²) in [6.45, 7) is 0. The van der Waals surface area contributed by atoms with E-state index >= 15 is 0 Å². The second kappa shape index (κ2) is 5.73. The first-order chi connectivity index (χ1) is 9.74. The molecular weight excluding hydrogens is 250 g/mol. The third kappa shape index (κ3) is 2.89. The van der Waals surface area contributed by atoms with Crippen molar-refractivity contribution in [3.8, 4) is 5.75 Å². The average Bonchev–Trinajstić information content (AvgIpc) is 2.38. The normalized spacial score (nSPS) is 26.6. The summed E-state index contributed by atoms with van der Waals surface area (Å²) in [5.41, 5.74) is 7.30. The van der Waals surface area contributed by atoms with Crippen LogP contribution in [0.15, 0.2) is 29.3 Å². The van der Waals surface area contributed by atoms with Crippen LogP contribution in [-0.2, 0) is 0 Å². The van der Waals surface area contributed by atoms with Crippen molar-refractivity contribution in [2.24, 2.45) is 10.7 Å². The van der Waals surface area contributed by atoms with Gasteiger partial charge in [-0.3, -0.25) is 4.99 Å². The van der Waals surface area contributed by atoms with Crippen LogP contribution in [0.2, 0.25) is 0 Å². The summed E-state index contributed by atoms with van der Waals surface area (Å²) in [6, 6.07) is 9.29. The van der Waals surface area contributed by atoms with Gasteiger partial charge in [-0.15, -0.1) is 0 Å². The highest BCUT2D eigenvalue weighted by Gasteiger charge is 2.31. The molecule has 0 atom stereocenters. The number of aliphatic imine (C=N–C) groups is 1. The first kappa shape index (κ1) is 13.3. The standard InChI is InChI=1S/C16H23N3O/c1-20-15-7-2-4-11(10-15)12-8-14(9-12)19-16(17)18-13-5-3-6-13/h2,4,7,10,12-14H,3,5-6,8-9H2,1H3,(H3,17,18,19). The minimum Gasteiger partial charge on any atom is -0.497 e. The van der Waals surface area contributed by atoms with Crippen molar-refractivity contribution in [3.63, 3.8) is 0 Å². The molecule has 2 aliphatic carbocycles. The van der Waals surface area contributed by atoms with Gasteiger partial charge in [0.1, 0.15) is 5.75 Å². The highest BCUT2D eigenvalue weighted by molar-refractivity contribution is 5.78. The number of hydrogen-bond acceptors (Lipinski definition) is 2. The number of methoxy groups -OCH3 is 1. The Morgan fingerprint density at radius 1 is 1.35 bits per heavy atom. The monoisotopic (exact) mass is 273 g/mol. The lowest BCUT2D eigenvalue weighted by atomic mass is 9.76. The summed E-state index contributed by atoms with van der Waals surface area (Å²) in [7, 11) is 1.71. The molecular formula is C16H23N3O. The van der Waals surface area contributed by atoms with Crippen molar-refractivity contribution < 1.29 is 4.74 Å². The van der Waals surface area contributed by atoms with Gasteiger partial charge in [-0.1, -0.05) is 12.1 Å². The zero-order valence-electron chi connectivity index (χ0n) is 12.0. The van der Waals surface area contributed by atoms with Crippen molar-refractivity contribution in [1.82, 2.24) is 5.32 Å². The third-order valence-corrected chi connectivity index (χ3v) is 4.45. The molecule has 0 aromatic heterocycles. The van der Waals surface area contributed by atoms with Gasteiger partial charge in [-0.05, 0) is 55.7 Å². The van der Waals surface area contributed by atoms with E-state index in [1.165, 1.54) is 24.8 Å². The molecule has 0 radical (unpaired) electrons. The van der Waals surface area contributed by atoms with Crippen LogP contribution in [0.4, 0.5) is 0 Å². The van der Waals surface area contributed by atoms with Crippen molar-refractivity contribution in [2.75, 3.05) is 7.11 Å². The Hall–Kier alpha value is -1.71. The number of nitrogens with two attached hydrogens (primary N) is 1. The molecule has 3 rings (SSSR count). The topological polar surface area (TPSA) is 59.6 Å². The molecule has 0 amide bonds. The van der Waals surface area contributed by atoms with E-state index in [2.05, 4.69) is 28.5 Å². The number of hydrogen-bond donors (Lipinski definition) is 2. The highest BCUT2D eigenvalue weighted by atomic mass is 16.5. The molecule has 0 heterocycles. The molecule has 2 fully saturated rings. The van der Waals surface area contributed by atoms with Gasteiger partial charge in [-0.25, -0.2) is 0 Å². The maximum atomic E-state index is 5.94. The fourth-order valence-electron chi connectivity index (χ4n) is 2.86. The van der Waals surface area contributed by atoms with Crippen molar-refractivity contribution in [1.29, 1.82) is 0 Å². The number of benzene rings is 1. The largest absolute Gasteiger partial charge is 0.497 e. The zero-order valence-corrected chi connectivity index (χ0v) is 12.0. The molecule has 0 saturated heterocycles. The van der Waals surface area contributed by atoms with E-state index in [0.717, 1.165) is 18.6 Å². The Bertz CT molecular complexity index is 490. The van der Waals surface area contributed by atoms with Gasteiger partial charge in [0.15, 0.2) is 5.96 Å². The summed E-state index contributed by atoms with van der Waals surface area (Å²) < 4.78 is 5.27. The van der Waals surface area contributed by atoms with Crippen molar-refractivity contribution in [3.05, 3.63) is 29.8 Å². The molecule has 1 aromatic rings. The van der Waals surface area contributed by atoms with Crippen LogP contribution < -0.4 is 15.8 Å². The first-order valence-electron chi connectivity index (χ1n) is 7.48. The molecule has 0 aliphatic heterocycles. The number of ether oxygens (including phenoxy) is 1. The van der Waals surface area contributed by atoms with Crippen LogP contribution in [0, 0.1) is 0 Å². The molecule has 0 spiro atoms. The van der Waals surface area contributed by atoms with Crippen molar-refractivity contribution >= 4 is 5.96 Å². The lowest BCUT2D eigenvalue weighted by Gasteiger charge is -2.37. The van der Waals surface area contributed by atoms with Gasteiger partial charge >= 0.3 is 0 Å². The average molecular weight is 273 g/mol. The van der Waals surface area contributed by atoms with E-state index in [0.29, 0.717) is 24.0 Å². The molecule has 0 unspecified atom stereocenters. The Balaban J connectivity index is 1.49. The second-order valence-corrected chi connectivity index (χ2v) is 5.89. The van der Waals surface area contributed by atoms with E-state index < -0.39 is 0 Å². The Morgan fingerprint density at radius 2 is 2.15 bits per heavy atom. The van der Waals surface area contributed by atoms with E-state index in [1.807, 2.05) is 6.07 Å². The molecule has 4 heteroatoms. The molecule has 0 bridgehead atoms. The van der Waals surface area contributed by atoms with Gasteiger partial charge in [0.25, 0.3) is 0 Å². The van der Waals surface area contributed by atoms with Crippen molar-refractivity contribution in [2.45, 2.75) is 50.1 Å². The van der Waals surface area contributed by atoms with Crippen LogP contribution in [0.25, 0.3) is 0 Å². The fourth-order valence-corrected chi connectivity index (χ4v) is 2.86. The molecule has 1 aromatic carbocycles. The Labute approximate surface area is 120 Å². The minimum absolute atomic E-state index is 0.468. The second-order valence-electron chi connectivity index (χ2n) is 5.89. The zero-order chi connectivity index (χ0) is 13.9. The Morgan fingerprint density at radius 3 is 2.80 bits per heavy atom. The smallest absolute Gasteiger partial charge is 0.189 e.